The van der Waals surface area contributed by atoms with E-state index in [1.165, 1.54) is 0 Å². The average Bonchev–Trinajstić information content (AvgIpc) is 2.36. The molecule has 4 nitrogen and oxygen atoms in total. The number of benzene rings is 1. The Morgan fingerprint density at radius 2 is 1.78 bits per heavy atom. The van der Waals surface area contributed by atoms with E-state index in [4.69, 9.17) is 16.3 Å². The summed E-state index contributed by atoms with van der Waals surface area (Å²) in [5.74, 6) is -0.949. The van der Waals surface area contributed by atoms with Crippen LogP contribution in [0.3, 0.4) is 0 Å². The highest BCUT2D eigenvalue weighted by molar-refractivity contribution is 6.30. The molecule has 1 aromatic rings. The van der Waals surface area contributed by atoms with E-state index in [9.17, 15) is 9.59 Å². The van der Waals surface area contributed by atoms with Crippen LogP contribution in [0.25, 0.3) is 0 Å². The topological polar surface area (TPSA) is 52.6 Å². The standard InChI is InChI=1S/C13H15ClO4/c1-2-17-13(16)9-18-12(15)8-5-10-3-6-11(14)7-4-10/h3-4,6-7H,2,5,8-9H2,1H3. The molecule has 0 aliphatic heterocycles. The van der Waals surface area contributed by atoms with Crippen LogP contribution >= 0.6 is 11.6 Å². The minimum Gasteiger partial charge on any atom is -0.463 e. The molecule has 0 fully saturated rings. The summed E-state index contributed by atoms with van der Waals surface area (Å²) in [6.45, 7) is 1.65. The SMILES string of the molecule is CCOC(=O)COC(=O)CCc1ccc(Cl)cc1. The van der Waals surface area contributed by atoms with Gasteiger partial charge in [-0.25, -0.2) is 4.79 Å². The lowest BCUT2D eigenvalue weighted by molar-refractivity contribution is -0.158. The third kappa shape index (κ3) is 5.68. The van der Waals surface area contributed by atoms with Crippen molar-refractivity contribution in [1.82, 2.24) is 0 Å². The summed E-state index contributed by atoms with van der Waals surface area (Å²) in [6.07, 6.45) is 0.778. The second-order valence-corrected chi connectivity index (χ2v) is 4.03. The number of esters is 2. The van der Waals surface area contributed by atoms with Crippen molar-refractivity contribution in [2.24, 2.45) is 0 Å². The number of carbonyl (C=O) groups excluding carboxylic acids is 2. The van der Waals surface area contributed by atoms with Crippen LogP contribution in [0.4, 0.5) is 0 Å². The third-order valence-corrected chi connectivity index (χ3v) is 2.44. The van der Waals surface area contributed by atoms with E-state index >= 15 is 0 Å². The average molecular weight is 271 g/mol. The number of carbonyl (C=O) groups is 2. The van der Waals surface area contributed by atoms with Crippen LogP contribution in [0.2, 0.25) is 5.02 Å². The minimum atomic E-state index is -0.530. The van der Waals surface area contributed by atoms with Gasteiger partial charge >= 0.3 is 11.9 Å². The van der Waals surface area contributed by atoms with Crippen LogP contribution < -0.4 is 0 Å². The molecule has 1 rings (SSSR count). The van der Waals surface area contributed by atoms with Crippen LogP contribution in [-0.2, 0) is 25.5 Å². The van der Waals surface area contributed by atoms with Gasteiger partial charge in [-0.05, 0) is 31.0 Å². The molecule has 0 heterocycles. The van der Waals surface area contributed by atoms with Gasteiger partial charge in [-0.1, -0.05) is 23.7 Å². The van der Waals surface area contributed by atoms with Gasteiger partial charge in [0, 0.05) is 11.4 Å². The number of ether oxygens (including phenoxy) is 2. The lowest BCUT2D eigenvalue weighted by Crippen LogP contribution is -2.16. The summed E-state index contributed by atoms with van der Waals surface area (Å²) in [7, 11) is 0. The zero-order valence-corrected chi connectivity index (χ0v) is 10.9. The van der Waals surface area contributed by atoms with E-state index in [1.54, 1.807) is 19.1 Å². The Hall–Kier alpha value is -1.55. The Morgan fingerprint density at radius 3 is 2.39 bits per heavy atom. The van der Waals surface area contributed by atoms with E-state index in [0.29, 0.717) is 11.4 Å². The fourth-order valence-electron chi connectivity index (χ4n) is 1.31. The van der Waals surface area contributed by atoms with Gasteiger partial charge in [0.1, 0.15) is 0 Å². The Balaban J connectivity index is 2.24. The summed E-state index contributed by atoms with van der Waals surface area (Å²) in [4.78, 5) is 22.3. The third-order valence-electron chi connectivity index (χ3n) is 2.19. The first-order valence-electron chi connectivity index (χ1n) is 5.67. The van der Waals surface area contributed by atoms with Crippen molar-refractivity contribution in [1.29, 1.82) is 0 Å². The summed E-state index contributed by atoms with van der Waals surface area (Å²) >= 11 is 5.75. The van der Waals surface area contributed by atoms with Gasteiger partial charge in [-0.15, -0.1) is 0 Å². The second-order valence-electron chi connectivity index (χ2n) is 3.59. The Morgan fingerprint density at radius 1 is 1.11 bits per heavy atom. The molecule has 5 heteroatoms. The number of hydrogen-bond donors (Lipinski definition) is 0. The van der Waals surface area contributed by atoms with E-state index in [2.05, 4.69) is 4.74 Å². The van der Waals surface area contributed by atoms with Crippen LogP contribution in [0.1, 0.15) is 18.9 Å². The molecule has 0 radical (unpaired) electrons. The molecule has 0 spiro atoms. The Kier molecular flexibility index (Phi) is 6.22. The summed E-state index contributed by atoms with van der Waals surface area (Å²) in [6, 6.07) is 7.23. The highest BCUT2D eigenvalue weighted by Gasteiger charge is 2.08. The van der Waals surface area contributed by atoms with Crippen molar-refractivity contribution in [2.45, 2.75) is 19.8 Å². The maximum absolute atomic E-state index is 11.3. The monoisotopic (exact) mass is 270 g/mol. The molecule has 0 saturated heterocycles. The number of halogens is 1. The van der Waals surface area contributed by atoms with E-state index in [0.717, 1.165) is 5.56 Å². The van der Waals surface area contributed by atoms with Crippen molar-refractivity contribution in [2.75, 3.05) is 13.2 Å². The molecule has 0 atom stereocenters. The Labute approximate surface area is 111 Å². The molecule has 98 valence electrons. The van der Waals surface area contributed by atoms with E-state index in [-0.39, 0.29) is 19.6 Å². The molecular weight excluding hydrogens is 256 g/mol. The first-order chi connectivity index (χ1) is 8.61. The second kappa shape index (κ2) is 7.71. The molecule has 0 bridgehead atoms. The van der Waals surface area contributed by atoms with Crippen molar-refractivity contribution in [3.05, 3.63) is 34.9 Å². The predicted octanol–water partition coefficient (Wildman–Crippen LogP) is 2.38. The van der Waals surface area contributed by atoms with Crippen LogP contribution in [0.5, 0.6) is 0 Å². The largest absolute Gasteiger partial charge is 0.463 e. The number of hydrogen-bond acceptors (Lipinski definition) is 4. The van der Waals surface area contributed by atoms with Crippen molar-refractivity contribution < 1.29 is 19.1 Å². The predicted molar refractivity (Wildman–Crippen MR) is 67.4 cm³/mol. The lowest BCUT2D eigenvalue weighted by atomic mass is 10.1. The zero-order chi connectivity index (χ0) is 13.4. The van der Waals surface area contributed by atoms with E-state index in [1.807, 2.05) is 12.1 Å². The molecule has 0 N–H and O–H groups in total. The molecule has 0 aromatic heterocycles. The summed E-state index contributed by atoms with van der Waals surface area (Å²) in [5.41, 5.74) is 0.993. The normalized spacial score (nSPS) is 9.89. The maximum atomic E-state index is 11.3. The minimum absolute atomic E-state index is 0.223. The molecule has 1 aromatic carbocycles. The number of rotatable bonds is 6. The van der Waals surface area contributed by atoms with Gasteiger partial charge in [0.2, 0.25) is 0 Å². The van der Waals surface area contributed by atoms with Gasteiger partial charge in [0.05, 0.1) is 6.61 Å². The smallest absolute Gasteiger partial charge is 0.344 e. The first kappa shape index (κ1) is 14.5. The van der Waals surface area contributed by atoms with E-state index < -0.39 is 11.9 Å². The molecule has 0 amide bonds. The van der Waals surface area contributed by atoms with Gasteiger partial charge in [-0.2, -0.15) is 0 Å². The zero-order valence-electron chi connectivity index (χ0n) is 10.1. The summed E-state index contributed by atoms with van der Waals surface area (Å²) in [5, 5.41) is 0.656. The lowest BCUT2D eigenvalue weighted by Gasteiger charge is -2.04. The van der Waals surface area contributed by atoms with Crippen LogP contribution in [0, 0.1) is 0 Å². The van der Waals surface area contributed by atoms with Crippen molar-refractivity contribution in [3.63, 3.8) is 0 Å². The maximum Gasteiger partial charge on any atom is 0.344 e. The van der Waals surface area contributed by atoms with Gasteiger partial charge in [0.15, 0.2) is 6.61 Å². The molecule has 0 aliphatic carbocycles. The fourth-order valence-corrected chi connectivity index (χ4v) is 1.44. The summed E-state index contributed by atoms with van der Waals surface area (Å²) < 4.78 is 9.40. The number of aryl methyl sites for hydroxylation is 1. The highest BCUT2D eigenvalue weighted by atomic mass is 35.5. The quantitative estimate of drug-likeness (QED) is 0.745. The molecule has 18 heavy (non-hydrogen) atoms. The molecule has 0 saturated carbocycles. The van der Waals surface area contributed by atoms with Gasteiger partial charge in [-0.3, -0.25) is 4.79 Å². The van der Waals surface area contributed by atoms with Crippen molar-refractivity contribution >= 4 is 23.5 Å². The fraction of sp³-hybridized carbons (Fsp3) is 0.385. The van der Waals surface area contributed by atoms with Gasteiger partial charge < -0.3 is 9.47 Å². The molecule has 0 unspecified atom stereocenters. The van der Waals surface area contributed by atoms with Crippen LogP contribution in [0.15, 0.2) is 24.3 Å². The van der Waals surface area contributed by atoms with Crippen molar-refractivity contribution in [3.8, 4) is 0 Å². The molecular formula is C13H15ClO4. The van der Waals surface area contributed by atoms with Crippen LogP contribution in [-0.4, -0.2) is 25.2 Å². The molecule has 0 aliphatic rings. The Bertz CT molecular complexity index is 400. The first-order valence-corrected chi connectivity index (χ1v) is 6.05. The van der Waals surface area contributed by atoms with Gasteiger partial charge in [0.25, 0.3) is 0 Å². The highest BCUT2D eigenvalue weighted by Crippen LogP contribution is 2.11.